The van der Waals surface area contributed by atoms with Crippen LogP contribution in [0.25, 0.3) is 56.0 Å². The molecule has 3 N–H and O–H groups in total. The Morgan fingerprint density at radius 3 is 2.67 bits per heavy atom. The van der Waals surface area contributed by atoms with Crippen molar-refractivity contribution in [1.29, 1.82) is 0 Å². The van der Waals surface area contributed by atoms with Gasteiger partial charge in [-0.1, -0.05) is 31.4 Å². The molecule has 0 radical (unpaired) electrons. The number of anilines is 1. The van der Waals surface area contributed by atoms with Crippen molar-refractivity contribution in [3.05, 3.63) is 72.8 Å². The van der Waals surface area contributed by atoms with Crippen molar-refractivity contribution in [3.63, 3.8) is 0 Å². The molecule has 1 aliphatic heterocycles. The Hall–Kier alpha value is -5.16. The lowest BCUT2D eigenvalue weighted by atomic mass is 9.88. The molecular formula is C37H37FN8O2. The van der Waals surface area contributed by atoms with Crippen molar-refractivity contribution in [3.8, 4) is 39.7 Å². The van der Waals surface area contributed by atoms with Crippen LogP contribution in [0.1, 0.15) is 44.9 Å². The standard InChI is InChI=1S/C37H37FN8O2/c38-26-17-24(19-28(20-26)48-16-15-46-13-4-5-14-46)29-9-6-10-31-33(29)43-36(42-31)35-34-32(44-45-35)12-11-30(41-34)25-18-27(22-39-21-25)40-37(47)23-7-2-1-3-8-23/h6,9-12,17-23H,1-5,7-8,13-16H2,(H,40,47)(H,42,43)(H,44,45). The van der Waals surface area contributed by atoms with Crippen LogP contribution in [0.5, 0.6) is 5.75 Å². The average molecular weight is 645 g/mol. The van der Waals surface area contributed by atoms with E-state index in [9.17, 15) is 9.18 Å². The molecule has 2 fully saturated rings. The summed E-state index contributed by atoms with van der Waals surface area (Å²) in [6.45, 7) is 3.52. The number of carbonyl (C=O) groups excluding carboxylic acids is 1. The molecule has 8 rings (SSSR count). The van der Waals surface area contributed by atoms with Gasteiger partial charge in [0, 0.05) is 35.9 Å². The summed E-state index contributed by atoms with van der Waals surface area (Å²) in [7, 11) is 0. The normalized spacial score (nSPS) is 15.8. The minimum absolute atomic E-state index is 0.0515. The molecule has 2 aromatic carbocycles. The molecule has 1 amide bonds. The molecule has 10 nitrogen and oxygen atoms in total. The van der Waals surface area contributed by atoms with Gasteiger partial charge in [0.15, 0.2) is 11.5 Å². The number of amides is 1. The van der Waals surface area contributed by atoms with E-state index in [1.807, 2.05) is 42.5 Å². The van der Waals surface area contributed by atoms with E-state index in [1.54, 1.807) is 12.4 Å². The largest absolute Gasteiger partial charge is 0.492 e. The molecule has 5 heterocycles. The number of H-pyrrole nitrogens is 2. The number of aromatic nitrogens is 6. The van der Waals surface area contributed by atoms with E-state index in [0.717, 1.165) is 67.5 Å². The Morgan fingerprint density at radius 2 is 1.79 bits per heavy atom. The van der Waals surface area contributed by atoms with E-state index in [1.165, 1.54) is 31.4 Å². The lowest BCUT2D eigenvalue weighted by molar-refractivity contribution is -0.120. The molecule has 0 atom stereocenters. The van der Waals surface area contributed by atoms with Gasteiger partial charge in [-0.2, -0.15) is 5.10 Å². The van der Waals surface area contributed by atoms with Gasteiger partial charge in [0.25, 0.3) is 0 Å². The van der Waals surface area contributed by atoms with Gasteiger partial charge >= 0.3 is 0 Å². The number of ether oxygens (including phenoxy) is 1. The Kier molecular flexibility index (Phi) is 8.27. The molecule has 244 valence electrons. The molecular weight excluding hydrogens is 607 g/mol. The van der Waals surface area contributed by atoms with Crippen molar-refractivity contribution >= 4 is 33.7 Å². The topological polar surface area (TPSA) is 125 Å². The first-order chi connectivity index (χ1) is 23.6. The maximum atomic E-state index is 14.8. The van der Waals surface area contributed by atoms with E-state index in [-0.39, 0.29) is 17.6 Å². The van der Waals surface area contributed by atoms with Gasteiger partial charge in [0.2, 0.25) is 5.91 Å². The summed E-state index contributed by atoms with van der Waals surface area (Å²) < 4.78 is 20.8. The number of benzene rings is 2. The number of likely N-dealkylation sites (tertiary alicyclic amines) is 1. The van der Waals surface area contributed by atoms with Crippen molar-refractivity contribution < 1.29 is 13.9 Å². The molecule has 1 saturated carbocycles. The van der Waals surface area contributed by atoms with Gasteiger partial charge in [-0.05, 0) is 80.7 Å². The van der Waals surface area contributed by atoms with Crippen LogP contribution in [0.3, 0.4) is 0 Å². The number of para-hydroxylation sites is 1. The second kappa shape index (κ2) is 13.2. The summed E-state index contributed by atoms with van der Waals surface area (Å²) in [6, 6.07) is 16.3. The van der Waals surface area contributed by atoms with Crippen molar-refractivity contribution in [2.24, 2.45) is 5.92 Å². The number of hydrogen-bond acceptors (Lipinski definition) is 7. The third-order valence-corrected chi connectivity index (χ3v) is 9.48. The average Bonchev–Trinajstić information content (AvgIpc) is 3.88. The molecule has 0 spiro atoms. The maximum Gasteiger partial charge on any atom is 0.227 e. The number of carbonyl (C=O) groups is 1. The molecule has 0 unspecified atom stereocenters. The van der Waals surface area contributed by atoms with Gasteiger partial charge in [0.1, 0.15) is 23.7 Å². The number of rotatable bonds is 9. The fourth-order valence-electron chi connectivity index (χ4n) is 6.96. The van der Waals surface area contributed by atoms with Crippen LogP contribution in [0.15, 0.2) is 67.0 Å². The molecule has 4 aromatic heterocycles. The summed E-state index contributed by atoms with van der Waals surface area (Å²) in [5.41, 5.74) is 7.04. The highest BCUT2D eigenvalue weighted by atomic mass is 19.1. The first kappa shape index (κ1) is 30.2. The number of pyridine rings is 2. The molecule has 0 bridgehead atoms. The van der Waals surface area contributed by atoms with Crippen LogP contribution in [0, 0.1) is 11.7 Å². The number of nitrogens with zero attached hydrogens (tertiary/aromatic N) is 5. The van der Waals surface area contributed by atoms with Gasteiger partial charge < -0.3 is 15.0 Å². The highest BCUT2D eigenvalue weighted by Gasteiger charge is 2.22. The van der Waals surface area contributed by atoms with Gasteiger partial charge in [-0.25, -0.2) is 14.4 Å². The molecule has 1 saturated heterocycles. The maximum absolute atomic E-state index is 14.8. The third kappa shape index (κ3) is 6.25. The number of imidazole rings is 1. The Bertz CT molecular complexity index is 2090. The monoisotopic (exact) mass is 644 g/mol. The van der Waals surface area contributed by atoms with E-state index in [2.05, 4.69) is 30.4 Å². The van der Waals surface area contributed by atoms with Crippen LogP contribution in [0.4, 0.5) is 10.1 Å². The first-order valence-corrected chi connectivity index (χ1v) is 16.8. The minimum Gasteiger partial charge on any atom is -0.492 e. The lowest BCUT2D eigenvalue weighted by Crippen LogP contribution is -2.25. The zero-order valence-corrected chi connectivity index (χ0v) is 26.6. The van der Waals surface area contributed by atoms with Crippen LogP contribution in [-0.4, -0.2) is 67.2 Å². The fourth-order valence-corrected chi connectivity index (χ4v) is 6.96. The highest BCUT2D eigenvalue weighted by Crippen LogP contribution is 2.34. The molecule has 6 aromatic rings. The van der Waals surface area contributed by atoms with E-state index in [4.69, 9.17) is 14.7 Å². The first-order valence-electron chi connectivity index (χ1n) is 16.8. The van der Waals surface area contributed by atoms with Gasteiger partial charge in [-0.3, -0.25) is 19.8 Å². The summed E-state index contributed by atoms with van der Waals surface area (Å²) in [5.74, 6) is 0.782. The summed E-state index contributed by atoms with van der Waals surface area (Å²) >= 11 is 0. The molecule has 11 heteroatoms. The van der Waals surface area contributed by atoms with Crippen molar-refractivity contribution in [2.75, 3.05) is 31.6 Å². The van der Waals surface area contributed by atoms with Gasteiger partial charge in [-0.15, -0.1) is 0 Å². The van der Waals surface area contributed by atoms with Crippen molar-refractivity contribution in [1.82, 2.24) is 35.0 Å². The summed E-state index contributed by atoms with van der Waals surface area (Å²) in [5, 5.41) is 10.7. The van der Waals surface area contributed by atoms with Crippen molar-refractivity contribution in [2.45, 2.75) is 44.9 Å². The second-order valence-electron chi connectivity index (χ2n) is 12.8. The second-order valence-corrected chi connectivity index (χ2v) is 12.8. The number of hydrogen-bond donors (Lipinski definition) is 3. The Labute approximate surface area is 277 Å². The summed E-state index contributed by atoms with van der Waals surface area (Å²) in [4.78, 5) is 32.9. The molecule has 48 heavy (non-hydrogen) atoms. The Morgan fingerprint density at radius 1 is 0.917 bits per heavy atom. The van der Waals surface area contributed by atoms with E-state index in [0.29, 0.717) is 51.9 Å². The quantitative estimate of drug-likeness (QED) is 0.150. The zero-order valence-electron chi connectivity index (χ0n) is 26.6. The smallest absolute Gasteiger partial charge is 0.227 e. The van der Waals surface area contributed by atoms with Crippen LogP contribution >= 0.6 is 0 Å². The number of fused-ring (bicyclic) bond motifs is 2. The zero-order chi connectivity index (χ0) is 32.5. The van der Waals surface area contributed by atoms with E-state index >= 15 is 0 Å². The fraction of sp³-hybridized carbons (Fsp3) is 0.324. The predicted molar refractivity (Wildman–Crippen MR) is 184 cm³/mol. The summed E-state index contributed by atoms with van der Waals surface area (Å²) in [6.07, 6.45) is 11.1. The number of nitrogens with one attached hydrogen (secondary N) is 3. The van der Waals surface area contributed by atoms with Crippen LogP contribution in [-0.2, 0) is 4.79 Å². The number of halogens is 1. The predicted octanol–water partition coefficient (Wildman–Crippen LogP) is 7.36. The SMILES string of the molecule is O=C(Nc1cncc(-c2ccc3[nH]nc(-c4nc5c(-c6cc(F)cc(OCCN7CCCC7)c6)cccc5[nH]4)c3n2)c1)C1CCCCC1. The highest BCUT2D eigenvalue weighted by molar-refractivity contribution is 5.97. The van der Waals surface area contributed by atoms with Gasteiger partial charge in [0.05, 0.1) is 34.1 Å². The number of aromatic amines is 2. The minimum atomic E-state index is -0.362. The lowest BCUT2D eigenvalue weighted by Gasteiger charge is -2.20. The molecule has 1 aliphatic carbocycles. The Balaban J connectivity index is 1.07. The third-order valence-electron chi connectivity index (χ3n) is 9.48. The molecule has 2 aliphatic rings. The van der Waals surface area contributed by atoms with Crippen LogP contribution in [0.2, 0.25) is 0 Å². The van der Waals surface area contributed by atoms with Crippen LogP contribution < -0.4 is 10.1 Å². The van der Waals surface area contributed by atoms with E-state index < -0.39 is 0 Å².